The Hall–Kier alpha value is -1.33. The van der Waals surface area contributed by atoms with Gasteiger partial charge in [-0.1, -0.05) is 231 Å². The minimum atomic E-state index is -1.57. The van der Waals surface area contributed by atoms with Crippen LogP contribution in [0, 0.1) is 0 Å². The Bertz CT molecular complexity index is 1010. The number of rotatable bonds is 44. The summed E-state index contributed by atoms with van der Waals surface area (Å²) in [6.45, 7) is 3.78. The molecule has 0 radical (unpaired) electrons. The molecule has 0 bridgehead atoms. The fraction of sp³-hybridized carbons (Fsp3) is 0.904. The Morgan fingerprint density at radius 1 is 0.541 bits per heavy atom. The highest BCUT2D eigenvalue weighted by molar-refractivity contribution is 5.77. The lowest BCUT2D eigenvalue weighted by Gasteiger charge is -2.40. The molecule has 0 aromatic carbocycles. The highest BCUT2D eigenvalue weighted by Gasteiger charge is 2.44. The van der Waals surface area contributed by atoms with Gasteiger partial charge in [-0.15, -0.1) is 0 Å². The predicted octanol–water partition coefficient (Wildman–Crippen LogP) is 11.8. The second-order valence-corrected chi connectivity index (χ2v) is 18.3. The van der Waals surface area contributed by atoms with E-state index >= 15 is 0 Å². The maximum Gasteiger partial charge on any atom is 0.224 e. The van der Waals surface area contributed by atoms with E-state index in [1.165, 1.54) is 193 Å². The van der Waals surface area contributed by atoms with Crippen LogP contribution in [0.3, 0.4) is 0 Å². The third-order valence-corrected chi connectivity index (χ3v) is 12.6. The molecule has 360 valence electrons. The van der Waals surface area contributed by atoms with E-state index in [1.54, 1.807) is 0 Å². The van der Waals surface area contributed by atoms with Gasteiger partial charge in [0.2, 0.25) is 5.91 Å². The standard InChI is InChI=1S/C52H99NO8/c1-3-5-7-9-11-13-15-17-18-19-20-21-22-23-24-25-26-27-28-30-32-34-36-38-40-42-48(56)53-45(44-60-52-51(59)50(58)49(57)47(43-54)61-52)46(55)41-39-37-35-33-31-29-16-14-12-10-8-6-4-2/h37-40,45-47,49-52,54-55,57-59H,3-36,41-44H2,1-2H3,(H,53,56)/t45-,46+,47+,49+,50?,51?,52+/m0/s1. The predicted molar refractivity (Wildman–Crippen MR) is 253 cm³/mol. The fourth-order valence-electron chi connectivity index (χ4n) is 8.36. The Balaban J connectivity index is 2.24. The van der Waals surface area contributed by atoms with E-state index in [4.69, 9.17) is 9.47 Å². The summed E-state index contributed by atoms with van der Waals surface area (Å²) in [4.78, 5) is 13.0. The van der Waals surface area contributed by atoms with Gasteiger partial charge in [0, 0.05) is 6.42 Å². The number of hydrogen-bond acceptors (Lipinski definition) is 8. The average molecular weight is 866 g/mol. The second-order valence-electron chi connectivity index (χ2n) is 18.3. The van der Waals surface area contributed by atoms with Crippen LogP contribution in [0.25, 0.3) is 0 Å². The number of amides is 1. The highest BCUT2D eigenvalue weighted by Crippen LogP contribution is 2.23. The van der Waals surface area contributed by atoms with Gasteiger partial charge in [-0.2, -0.15) is 0 Å². The topological polar surface area (TPSA) is 149 Å². The minimum Gasteiger partial charge on any atom is -0.394 e. The minimum absolute atomic E-state index is 0.178. The zero-order valence-corrected chi connectivity index (χ0v) is 39.7. The number of hydrogen-bond donors (Lipinski definition) is 6. The molecule has 0 spiro atoms. The molecule has 7 atom stereocenters. The highest BCUT2D eigenvalue weighted by atomic mass is 16.7. The van der Waals surface area contributed by atoms with Crippen LogP contribution in [-0.2, 0) is 14.3 Å². The van der Waals surface area contributed by atoms with Crippen molar-refractivity contribution in [3.63, 3.8) is 0 Å². The van der Waals surface area contributed by atoms with Gasteiger partial charge >= 0.3 is 0 Å². The molecule has 9 nitrogen and oxygen atoms in total. The van der Waals surface area contributed by atoms with Crippen molar-refractivity contribution in [3.05, 3.63) is 24.3 Å². The van der Waals surface area contributed by atoms with Crippen LogP contribution in [0.5, 0.6) is 0 Å². The van der Waals surface area contributed by atoms with E-state index in [2.05, 4.69) is 31.3 Å². The molecule has 61 heavy (non-hydrogen) atoms. The van der Waals surface area contributed by atoms with Crippen molar-refractivity contribution in [1.29, 1.82) is 0 Å². The smallest absolute Gasteiger partial charge is 0.224 e. The number of carbonyl (C=O) groups excluding carboxylic acids is 1. The zero-order valence-electron chi connectivity index (χ0n) is 39.7. The van der Waals surface area contributed by atoms with Gasteiger partial charge < -0.3 is 40.3 Å². The Labute approximate surface area is 375 Å². The average Bonchev–Trinajstić information content (AvgIpc) is 3.26. The van der Waals surface area contributed by atoms with E-state index in [9.17, 15) is 30.3 Å². The molecule has 1 saturated heterocycles. The lowest BCUT2D eigenvalue weighted by atomic mass is 9.99. The van der Waals surface area contributed by atoms with Gasteiger partial charge in [-0.3, -0.25) is 4.79 Å². The van der Waals surface area contributed by atoms with Crippen LogP contribution in [0.15, 0.2) is 24.3 Å². The summed E-state index contributed by atoms with van der Waals surface area (Å²) in [5, 5.41) is 54.3. The van der Waals surface area contributed by atoms with E-state index in [-0.39, 0.29) is 18.9 Å². The number of nitrogens with one attached hydrogen (secondary N) is 1. The number of ether oxygens (including phenoxy) is 2. The van der Waals surface area contributed by atoms with Gasteiger partial charge in [-0.05, 0) is 32.1 Å². The molecule has 0 saturated carbocycles. The quantitative estimate of drug-likeness (QED) is 0.0262. The third-order valence-electron chi connectivity index (χ3n) is 12.6. The Morgan fingerprint density at radius 2 is 0.918 bits per heavy atom. The van der Waals surface area contributed by atoms with Gasteiger partial charge in [0.15, 0.2) is 6.29 Å². The van der Waals surface area contributed by atoms with E-state index in [0.29, 0.717) is 6.42 Å². The normalized spacial score (nSPS) is 20.5. The molecule has 6 N–H and O–H groups in total. The van der Waals surface area contributed by atoms with Gasteiger partial charge in [0.25, 0.3) is 0 Å². The molecule has 9 heteroatoms. The van der Waals surface area contributed by atoms with Crippen LogP contribution in [-0.4, -0.2) is 87.5 Å². The first-order chi connectivity index (χ1) is 29.8. The summed E-state index contributed by atoms with van der Waals surface area (Å²) in [5.41, 5.74) is 0. The van der Waals surface area contributed by atoms with E-state index < -0.39 is 49.5 Å². The number of allylic oxidation sites excluding steroid dienone is 2. The molecular weight excluding hydrogens is 767 g/mol. The maximum atomic E-state index is 13.0. The van der Waals surface area contributed by atoms with Crippen molar-refractivity contribution < 1.29 is 39.8 Å². The summed E-state index contributed by atoms with van der Waals surface area (Å²) in [5.74, 6) is -0.249. The molecule has 0 aromatic rings. The van der Waals surface area contributed by atoms with E-state index in [1.807, 2.05) is 12.2 Å². The second kappa shape index (κ2) is 42.6. The van der Waals surface area contributed by atoms with Crippen LogP contribution >= 0.6 is 0 Å². The lowest BCUT2D eigenvalue weighted by molar-refractivity contribution is -0.302. The van der Waals surface area contributed by atoms with Crippen LogP contribution in [0.2, 0.25) is 0 Å². The number of aliphatic hydroxyl groups is 5. The van der Waals surface area contributed by atoms with Crippen LogP contribution in [0.1, 0.15) is 245 Å². The van der Waals surface area contributed by atoms with Gasteiger partial charge in [-0.25, -0.2) is 0 Å². The first-order valence-corrected chi connectivity index (χ1v) is 26.0. The molecule has 0 aromatic heterocycles. The van der Waals surface area contributed by atoms with Crippen molar-refractivity contribution in [1.82, 2.24) is 5.32 Å². The van der Waals surface area contributed by atoms with Crippen molar-refractivity contribution in [2.24, 2.45) is 0 Å². The molecule has 1 aliphatic rings. The van der Waals surface area contributed by atoms with E-state index in [0.717, 1.165) is 25.7 Å². The summed E-state index contributed by atoms with van der Waals surface area (Å²) in [7, 11) is 0. The molecular formula is C52H99NO8. The van der Waals surface area contributed by atoms with Crippen LogP contribution < -0.4 is 5.32 Å². The molecule has 1 aliphatic heterocycles. The first kappa shape index (κ1) is 57.7. The Morgan fingerprint density at radius 3 is 1.31 bits per heavy atom. The summed E-state index contributed by atoms with van der Waals surface area (Å²) in [6, 6.07) is -0.797. The largest absolute Gasteiger partial charge is 0.394 e. The summed E-state index contributed by atoms with van der Waals surface area (Å²) < 4.78 is 11.2. The first-order valence-electron chi connectivity index (χ1n) is 26.0. The lowest BCUT2D eigenvalue weighted by Crippen LogP contribution is -2.60. The van der Waals surface area contributed by atoms with Crippen molar-refractivity contribution >= 4 is 5.91 Å². The molecule has 0 aliphatic carbocycles. The maximum absolute atomic E-state index is 13.0. The van der Waals surface area contributed by atoms with Crippen molar-refractivity contribution in [2.75, 3.05) is 13.2 Å². The van der Waals surface area contributed by atoms with Crippen molar-refractivity contribution in [2.45, 2.75) is 288 Å². The molecule has 1 amide bonds. The number of carbonyl (C=O) groups is 1. The third kappa shape index (κ3) is 32.9. The van der Waals surface area contributed by atoms with Crippen LogP contribution in [0.4, 0.5) is 0 Å². The van der Waals surface area contributed by atoms with Gasteiger partial charge in [0.05, 0.1) is 25.4 Å². The SMILES string of the molecule is CCCCCCCCCCCCC=CC[C@@H](O)[C@H](CO[C@@H]1O[C@H](CO)[C@@H](O)C(O)C1O)NC(=O)CC=CCCCCCCCCCCCCCCCCCCCCCCCC. The van der Waals surface area contributed by atoms with Gasteiger partial charge in [0.1, 0.15) is 24.4 Å². The number of unbranched alkanes of at least 4 members (excludes halogenated alkanes) is 32. The summed E-state index contributed by atoms with van der Waals surface area (Å²) >= 11 is 0. The fourth-order valence-corrected chi connectivity index (χ4v) is 8.36. The molecule has 1 rings (SSSR count). The molecule has 2 unspecified atom stereocenters. The molecule has 1 heterocycles. The number of aliphatic hydroxyl groups excluding tert-OH is 5. The zero-order chi connectivity index (χ0) is 44.4. The Kier molecular flexibility index (Phi) is 40.3. The molecule has 1 fully saturated rings. The summed E-state index contributed by atoms with van der Waals surface area (Å²) in [6.07, 6.45) is 45.3. The van der Waals surface area contributed by atoms with Crippen molar-refractivity contribution in [3.8, 4) is 0 Å². The monoisotopic (exact) mass is 866 g/mol.